The van der Waals surface area contributed by atoms with E-state index in [1.807, 2.05) is 25.1 Å². The van der Waals surface area contributed by atoms with E-state index in [9.17, 15) is 10.4 Å². The van der Waals surface area contributed by atoms with Gasteiger partial charge in [0.1, 0.15) is 11.8 Å². The van der Waals surface area contributed by atoms with Crippen molar-refractivity contribution in [2.75, 3.05) is 5.32 Å². The van der Waals surface area contributed by atoms with E-state index in [1.54, 1.807) is 18.2 Å². The third-order valence-corrected chi connectivity index (χ3v) is 4.19. The maximum Gasteiger partial charge on any atom is 0.120 e. The Balaban J connectivity index is 2.38. The second-order valence-electron chi connectivity index (χ2n) is 4.61. The monoisotopic (exact) mass is 408 g/mol. The van der Waals surface area contributed by atoms with Crippen molar-refractivity contribution >= 4 is 37.5 Å². The van der Waals surface area contributed by atoms with Crippen LogP contribution in [-0.4, -0.2) is 5.11 Å². The molecular formula is C16H14Br2N2O. The average Bonchev–Trinajstić information content (AvgIpc) is 2.47. The van der Waals surface area contributed by atoms with Crippen LogP contribution < -0.4 is 5.32 Å². The number of hydrogen-bond donors (Lipinski definition) is 2. The number of nitrogens with zero attached hydrogens (tertiary/aromatic N) is 1. The molecule has 5 heteroatoms. The lowest BCUT2D eigenvalue weighted by Crippen LogP contribution is -2.11. The molecule has 21 heavy (non-hydrogen) atoms. The van der Waals surface area contributed by atoms with E-state index in [0.29, 0.717) is 5.56 Å². The number of benzene rings is 2. The molecule has 2 aromatic rings. The number of hydrogen-bond acceptors (Lipinski definition) is 3. The van der Waals surface area contributed by atoms with Crippen LogP contribution in [0.3, 0.4) is 0 Å². The van der Waals surface area contributed by atoms with E-state index in [4.69, 9.17) is 0 Å². The Labute approximate surface area is 140 Å². The summed E-state index contributed by atoms with van der Waals surface area (Å²) in [5.74, 6) is 0.242. The summed E-state index contributed by atoms with van der Waals surface area (Å²) in [6.07, 6.45) is 0.779. The van der Waals surface area contributed by atoms with E-state index in [1.165, 1.54) is 0 Å². The highest BCUT2D eigenvalue weighted by Crippen LogP contribution is 2.33. The van der Waals surface area contributed by atoms with Gasteiger partial charge in [-0.1, -0.05) is 38.8 Å². The molecule has 0 fully saturated rings. The molecule has 0 amide bonds. The third kappa shape index (κ3) is 3.78. The molecule has 0 aliphatic carbocycles. The van der Waals surface area contributed by atoms with Crippen molar-refractivity contribution in [2.24, 2.45) is 0 Å². The molecular weight excluding hydrogens is 396 g/mol. The molecule has 1 unspecified atom stereocenters. The van der Waals surface area contributed by atoms with Crippen LogP contribution in [-0.2, 0) is 0 Å². The number of nitrogens with one attached hydrogen (secondary N) is 1. The van der Waals surface area contributed by atoms with Crippen molar-refractivity contribution in [3.63, 3.8) is 0 Å². The molecule has 0 saturated carbocycles. The first-order valence-corrected chi connectivity index (χ1v) is 8.08. The lowest BCUT2D eigenvalue weighted by Gasteiger charge is -2.21. The molecule has 0 radical (unpaired) electrons. The quantitative estimate of drug-likeness (QED) is 0.715. The van der Waals surface area contributed by atoms with Gasteiger partial charge >= 0.3 is 0 Å². The highest BCUT2D eigenvalue weighted by molar-refractivity contribution is 9.10. The van der Waals surface area contributed by atoms with E-state index in [0.717, 1.165) is 26.6 Å². The van der Waals surface area contributed by atoms with Gasteiger partial charge in [-0.2, -0.15) is 5.26 Å². The molecule has 0 aliphatic heterocycles. The fourth-order valence-electron chi connectivity index (χ4n) is 2.13. The van der Waals surface area contributed by atoms with Crippen molar-refractivity contribution in [2.45, 2.75) is 19.4 Å². The van der Waals surface area contributed by atoms with Crippen molar-refractivity contribution in [1.29, 1.82) is 5.26 Å². The van der Waals surface area contributed by atoms with Gasteiger partial charge in [0.2, 0.25) is 0 Å². The predicted molar refractivity (Wildman–Crippen MR) is 91.3 cm³/mol. The van der Waals surface area contributed by atoms with Gasteiger partial charge in [0, 0.05) is 14.5 Å². The van der Waals surface area contributed by atoms with Gasteiger partial charge in [0.15, 0.2) is 0 Å². The largest absolute Gasteiger partial charge is 0.508 e. The highest BCUT2D eigenvalue weighted by atomic mass is 79.9. The summed E-state index contributed by atoms with van der Waals surface area (Å²) in [5.41, 5.74) is 2.12. The van der Waals surface area contributed by atoms with Crippen molar-refractivity contribution in [1.82, 2.24) is 0 Å². The number of aromatic hydroxyl groups is 1. The summed E-state index contributed by atoms with van der Waals surface area (Å²) in [6.45, 7) is 2.03. The Hall–Kier alpha value is -1.51. The van der Waals surface area contributed by atoms with E-state index < -0.39 is 0 Å². The summed E-state index contributed by atoms with van der Waals surface area (Å²) in [7, 11) is 0. The Kier molecular flexibility index (Phi) is 5.27. The van der Waals surface area contributed by atoms with Crippen molar-refractivity contribution < 1.29 is 5.11 Å². The molecule has 2 rings (SSSR count). The van der Waals surface area contributed by atoms with Crippen molar-refractivity contribution in [3.05, 3.63) is 56.5 Å². The summed E-state index contributed by atoms with van der Waals surface area (Å²) in [4.78, 5) is 0. The Bertz CT molecular complexity index is 695. The first-order valence-electron chi connectivity index (χ1n) is 6.49. The minimum absolute atomic E-state index is 0.0797. The normalized spacial score (nSPS) is 11.7. The topological polar surface area (TPSA) is 56.0 Å². The predicted octanol–water partition coefficient (Wildman–Crippen LogP) is 5.35. The first-order chi connectivity index (χ1) is 10.0. The first kappa shape index (κ1) is 15.9. The fourth-order valence-corrected chi connectivity index (χ4v) is 2.87. The standard InChI is InChI=1S/C16H14Br2N2O/c1-2-14(13-7-11(17)5-6-16(13)21)20-15-8-12(18)4-3-10(15)9-19/h3-8,14,20-21H,2H2,1H3. The zero-order valence-electron chi connectivity index (χ0n) is 11.4. The molecule has 2 N–H and O–H groups in total. The van der Waals surface area contributed by atoms with Crippen LogP contribution in [0.5, 0.6) is 5.75 Å². The Morgan fingerprint density at radius 3 is 2.52 bits per heavy atom. The second kappa shape index (κ2) is 6.97. The van der Waals surface area contributed by atoms with Gasteiger partial charge < -0.3 is 10.4 Å². The summed E-state index contributed by atoms with van der Waals surface area (Å²) in [6, 6.07) is 12.9. The molecule has 0 bridgehead atoms. The maximum absolute atomic E-state index is 10.1. The van der Waals surface area contributed by atoms with Gasteiger partial charge in [-0.25, -0.2) is 0 Å². The Morgan fingerprint density at radius 1 is 1.19 bits per heavy atom. The fraction of sp³-hybridized carbons (Fsp3) is 0.188. The summed E-state index contributed by atoms with van der Waals surface area (Å²) >= 11 is 6.83. The van der Waals surface area contributed by atoms with Gasteiger partial charge in [-0.05, 0) is 42.8 Å². The van der Waals surface area contributed by atoms with Gasteiger partial charge in [-0.3, -0.25) is 0 Å². The molecule has 0 aromatic heterocycles. The third-order valence-electron chi connectivity index (χ3n) is 3.21. The lowest BCUT2D eigenvalue weighted by atomic mass is 10.0. The lowest BCUT2D eigenvalue weighted by molar-refractivity contribution is 0.462. The van der Waals surface area contributed by atoms with Crippen LogP contribution >= 0.6 is 31.9 Å². The van der Waals surface area contributed by atoms with Crippen LogP contribution in [0.4, 0.5) is 5.69 Å². The smallest absolute Gasteiger partial charge is 0.120 e. The van der Waals surface area contributed by atoms with Crippen LogP contribution in [0.2, 0.25) is 0 Å². The van der Waals surface area contributed by atoms with Crippen LogP contribution in [0.1, 0.15) is 30.5 Å². The van der Waals surface area contributed by atoms with Crippen LogP contribution in [0.15, 0.2) is 45.3 Å². The molecule has 1 atom stereocenters. The minimum Gasteiger partial charge on any atom is -0.508 e. The Morgan fingerprint density at radius 2 is 1.86 bits per heavy atom. The van der Waals surface area contributed by atoms with Gasteiger partial charge in [-0.15, -0.1) is 0 Å². The summed E-state index contributed by atoms with van der Waals surface area (Å²) in [5, 5.41) is 22.6. The minimum atomic E-state index is -0.0797. The molecule has 0 saturated heterocycles. The number of rotatable bonds is 4. The number of phenolic OH excluding ortho intramolecular Hbond substituents is 1. The molecule has 3 nitrogen and oxygen atoms in total. The van der Waals surface area contributed by atoms with Crippen LogP contribution in [0.25, 0.3) is 0 Å². The number of phenols is 1. The molecule has 0 spiro atoms. The number of anilines is 1. The van der Waals surface area contributed by atoms with Crippen molar-refractivity contribution in [3.8, 4) is 11.8 Å². The average molecular weight is 410 g/mol. The second-order valence-corrected chi connectivity index (χ2v) is 6.44. The van der Waals surface area contributed by atoms with Gasteiger partial charge in [0.25, 0.3) is 0 Å². The van der Waals surface area contributed by atoms with E-state index in [2.05, 4.69) is 43.2 Å². The van der Waals surface area contributed by atoms with Gasteiger partial charge in [0.05, 0.1) is 17.3 Å². The molecule has 2 aromatic carbocycles. The molecule has 108 valence electrons. The molecule has 0 aliphatic rings. The SMILES string of the molecule is CCC(Nc1cc(Br)ccc1C#N)c1cc(Br)ccc1O. The summed E-state index contributed by atoms with van der Waals surface area (Å²) < 4.78 is 1.81. The number of halogens is 2. The number of nitriles is 1. The maximum atomic E-state index is 10.1. The zero-order valence-corrected chi connectivity index (χ0v) is 14.6. The zero-order chi connectivity index (χ0) is 15.4. The molecule has 0 heterocycles. The van der Waals surface area contributed by atoms with Crippen LogP contribution in [0, 0.1) is 11.3 Å². The van der Waals surface area contributed by atoms with E-state index in [-0.39, 0.29) is 11.8 Å². The highest BCUT2D eigenvalue weighted by Gasteiger charge is 2.15. The van der Waals surface area contributed by atoms with E-state index >= 15 is 0 Å².